The molecule has 0 saturated carbocycles. The van der Waals surface area contributed by atoms with Crippen LogP contribution in [0.25, 0.3) is 66.5 Å². The number of pyridine rings is 6. The highest BCUT2D eigenvalue weighted by Gasteiger charge is 2.29. The van der Waals surface area contributed by atoms with Crippen LogP contribution in [0, 0.1) is 20.8 Å². The van der Waals surface area contributed by atoms with Crippen molar-refractivity contribution in [3.63, 3.8) is 0 Å². The maximum Gasteiger partial charge on any atom is 0.227 e. The lowest BCUT2D eigenvalue weighted by molar-refractivity contribution is 0.317. The van der Waals surface area contributed by atoms with Gasteiger partial charge in [-0.25, -0.2) is 44.9 Å². The van der Waals surface area contributed by atoms with E-state index in [1.165, 1.54) is 33.2 Å². The van der Waals surface area contributed by atoms with Gasteiger partial charge in [0.25, 0.3) is 0 Å². The van der Waals surface area contributed by atoms with Gasteiger partial charge in [0.1, 0.15) is 17.5 Å². The van der Waals surface area contributed by atoms with E-state index in [9.17, 15) is 0 Å². The number of nitrogens with one attached hydrogen (secondary N) is 9. The molecule has 9 N–H and O–H groups in total. The summed E-state index contributed by atoms with van der Waals surface area (Å²) in [5.74, 6) is 4.15. The Balaban J connectivity index is 0.000000139. The van der Waals surface area contributed by atoms with E-state index >= 15 is 0 Å². The molecule has 12 heterocycles. The number of nitrogens with zero attached hydrogens (tertiary/aromatic N) is 15. The van der Waals surface area contributed by atoms with Gasteiger partial charge in [0.2, 0.25) is 17.8 Å². The average molecular weight is 1680 g/mol. The minimum absolute atomic E-state index is 0.132. The third-order valence-corrected chi connectivity index (χ3v) is 22.6. The summed E-state index contributed by atoms with van der Waals surface area (Å²) in [6, 6.07) is 69.5. The van der Waals surface area contributed by atoms with Crippen molar-refractivity contribution in [3.05, 3.63) is 273 Å². The fourth-order valence-corrected chi connectivity index (χ4v) is 16.8. The Morgan fingerprint density at radius 3 is 0.817 bits per heavy atom. The third kappa shape index (κ3) is 22.6. The molecule has 3 aliphatic heterocycles. The molecule has 0 bridgehead atoms. The smallest absolute Gasteiger partial charge is 0.227 e. The van der Waals surface area contributed by atoms with Gasteiger partial charge in [0.15, 0.2) is 0 Å². The van der Waals surface area contributed by atoms with E-state index in [4.69, 9.17) is 15.0 Å². The molecule has 3 aliphatic rings. The molecule has 24 nitrogen and oxygen atoms in total. The summed E-state index contributed by atoms with van der Waals surface area (Å²) in [7, 11) is 0. The molecular formula is C102H114N24. The molecule has 24 heteroatoms. The predicted molar refractivity (Wildman–Crippen MR) is 519 cm³/mol. The van der Waals surface area contributed by atoms with E-state index in [2.05, 4.69) is 318 Å². The summed E-state index contributed by atoms with van der Waals surface area (Å²) < 4.78 is 0. The van der Waals surface area contributed by atoms with Crippen molar-refractivity contribution in [3.8, 4) is 33.8 Å². The van der Waals surface area contributed by atoms with Crippen LogP contribution in [0.2, 0.25) is 0 Å². The zero-order valence-corrected chi connectivity index (χ0v) is 74.2. The van der Waals surface area contributed by atoms with E-state index in [-0.39, 0.29) is 16.6 Å². The number of aryl methyl sites for hydroxylation is 3. The van der Waals surface area contributed by atoms with Crippen LogP contribution in [-0.2, 0) is 0 Å². The summed E-state index contributed by atoms with van der Waals surface area (Å²) in [5.41, 5.74) is 21.4. The van der Waals surface area contributed by atoms with Gasteiger partial charge in [0.05, 0.1) is 33.6 Å². The first kappa shape index (κ1) is 85.9. The second-order valence-electron chi connectivity index (χ2n) is 36.0. The van der Waals surface area contributed by atoms with Gasteiger partial charge in [-0.2, -0.15) is 0 Å². The van der Waals surface area contributed by atoms with Crippen molar-refractivity contribution >= 4 is 119 Å². The summed E-state index contributed by atoms with van der Waals surface area (Å²) in [4.78, 5) is 62.3. The molecule has 15 aromatic rings. The molecule has 9 aromatic heterocycles. The summed E-state index contributed by atoms with van der Waals surface area (Å²) in [6.07, 6.45) is 22.7. The molecule has 3 fully saturated rings. The van der Waals surface area contributed by atoms with Gasteiger partial charge in [-0.05, 0) is 266 Å². The molecule has 0 radical (unpaired) electrons. The van der Waals surface area contributed by atoms with Crippen LogP contribution in [0.15, 0.2) is 256 Å². The summed E-state index contributed by atoms with van der Waals surface area (Å²) >= 11 is 0. The number of fused-ring (bicyclic) bond motifs is 3. The second-order valence-corrected chi connectivity index (χ2v) is 36.0. The minimum atomic E-state index is 0.132. The Morgan fingerprint density at radius 1 is 0.286 bits per heavy atom. The topological polar surface area (TPSA) is 273 Å². The third-order valence-electron chi connectivity index (χ3n) is 22.6. The first-order valence-electron chi connectivity index (χ1n) is 43.8. The Bertz CT molecular complexity index is 5610. The number of benzene rings is 6. The number of rotatable bonds is 21. The Hall–Kier alpha value is -13.7. The van der Waals surface area contributed by atoms with Gasteiger partial charge in [-0.1, -0.05) is 54.6 Å². The quantitative estimate of drug-likeness (QED) is 0.0323. The van der Waals surface area contributed by atoms with Crippen LogP contribution in [-0.4, -0.2) is 134 Å². The van der Waals surface area contributed by atoms with Gasteiger partial charge in [-0.15, -0.1) is 0 Å². The van der Waals surface area contributed by atoms with Crippen molar-refractivity contribution in [2.24, 2.45) is 0 Å². The lowest BCUT2D eigenvalue weighted by Gasteiger charge is -2.37. The van der Waals surface area contributed by atoms with Crippen molar-refractivity contribution < 1.29 is 0 Å². The van der Waals surface area contributed by atoms with Crippen LogP contribution >= 0.6 is 0 Å². The maximum atomic E-state index is 4.96. The fraction of sp³-hybridized carbons (Fsp3) is 0.294. The van der Waals surface area contributed by atoms with Gasteiger partial charge in [-0.3, -0.25) is 15.0 Å². The number of anilines is 15. The number of hydrogen-bond donors (Lipinski definition) is 9. The van der Waals surface area contributed by atoms with Crippen LogP contribution in [0.1, 0.15) is 118 Å². The van der Waals surface area contributed by atoms with Crippen LogP contribution in [0.5, 0.6) is 0 Å². The molecule has 6 aromatic carbocycles. The first-order chi connectivity index (χ1) is 60.9. The molecule has 126 heavy (non-hydrogen) atoms. The summed E-state index contributed by atoms with van der Waals surface area (Å²) in [5, 5.41) is 35.7. The zero-order valence-electron chi connectivity index (χ0n) is 74.2. The monoisotopic (exact) mass is 1670 g/mol. The standard InChI is InChI=1S/3C34H38N8/c3*1-23-20-26(11-12-28(23)39-33-36-17-13-29(40-33)24-8-7-16-35-22-24)37-32-21-31(27-9-5-6-10-30(27)38-32)42-18-14-25(15-19-42)41-34(2,3)4/h3*5-13,16-17,20-22,25,41H,14-15,18-19H2,1-4H3,(H,37,38)(H,36,39,40). The highest BCUT2D eigenvalue weighted by atomic mass is 15.2. The molecular weight excluding hydrogens is 1560 g/mol. The van der Waals surface area contributed by atoms with Gasteiger partial charge >= 0.3 is 0 Å². The predicted octanol–water partition coefficient (Wildman–Crippen LogP) is 21.7. The van der Waals surface area contributed by atoms with Crippen molar-refractivity contribution in [2.75, 3.05) is 85.9 Å². The number of hydrogen-bond acceptors (Lipinski definition) is 24. The van der Waals surface area contributed by atoms with E-state index in [0.29, 0.717) is 36.0 Å². The van der Waals surface area contributed by atoms with Crippen LogP contribution < -0.4 is 62.6 Å². The first-order valence-corrected chi connectivity index (χ1v) is 43.8. The zero-order chi connectivity index (χ0) is 87.3. The highest BCUT2D eigenvalue weighted by molar-refractivity contribution is 5.96. The van der Waals surface area contributed by atoms with Gasteiger partial charge in [0, 0.05) is 232 Å². The van der Waals surface area contributed by atoms with Crippen molar-refractivity contribution in [1.29, 1.82) is 0 Å². The van der Waals surface area contributed by atoms with Crippen molar-refractivity contribution in [2.45, 2.75) is 156 Å². The van der Waals surface area contributed by atoms with Crippen molar-refractivity contribution in [1.82, 2.24) is 75.8 Å². The Kier molecular flexibility index (Phi) is 26.3. The largest absolute Gasteiger partial charge is 0.371 e. The minimum Gasteiger partial charge on any atom is -0.371 e. The number of aromatic nitrogens is 12. The lowest BCUT2D eigenvalue weighted by Crippen LogP contribution is -2.49. The SMILES string of the molecule is Cc1cc(Nc2cc(N3CCC(NC(C)(C)C)CC3)c3ccccc3n2)ccc1Nc1nccc(-c2cccnc2)n1.Cc1cc(Nc2cc(N3CCC(NC(C)(C)C)CC3)c3ccccc3n2)ccc1Nc1nccc(-c2cccnc2)n1.Cc1cc(Nc2cc(N3CCC(NC(C)(C)C)CC3)c3ccccc3n2)ccc1Nc1nccc(-c2cccnc2)n1. The Labute approximate surface area is 739 Å². The fourth-order valence-electron chi connectivity index (χ4n) is 16.8. The molecule has 3 saturated heterocycles. The molecule has 18 rings (SSSR count). The van der Waals surface area contributed by atoms with Crippen LogP contribution in [0.4, 0.5) is 86.5 Å². The molecule has 642 valence electrons. The maximum absolute atomic E-state index is 4.96. The Morgan fingerprint density at radius 2 is 0.563 bits per heavy atom. The molecule has 0 amide bonds. The lowest BCUT2D eigenvalue weighted by atomic mass is 9.99. The average Bonchev–Trinajstić information content (AvgIpc) is 0.791. The van der Waals surface area contributed by atoms with Gasteiger partial charge < -0.3 is 62.6 Å². The molecule has 0 aliphatic carbocycles. The number of para-hydroxylation sites is 3. The normalized spacial score (nSPS) is 14.2. The number of piperidine rings is 3. The van der Waals surface area contributed by atoms with E-state index < -0.39 is 0 Å². The molecule has 0 spiro atoms. The highest BCUT2D eigenvalue weighted by Crippen LogP contribution is 2.39. The molecule has 0 unspecified atom stereocenters. The van der Waals surface area contributed by atoms with E-state index in [1.807, 2.05) is 72.8 Å². The molecule has 0 atom stereocenters. The second kappa shape index (κ2) is 38.6. The van der Waals surface area contributed by atoms with E-state index in [1.54, 1.807) is 55.8 Å². The van der Waals surface area contributed by atoms with E-state index in [0.717, 1.165) is 196 Å². The summed E-state index contributed by atoms with van der Waals surface area (Å²) in [6.45, 7) is 32.5. The van der Waals surface area contributed by atoms with Crippen LogP contribution in [0.3, 0.4) is 0 Å².